The number of halogens is 7. The molecule has 61 valence electrons. The highest BCUT2D eigenvalue weighted by Gasteiger charge is 2.63. The maximum Gasteiger partial charge on any atom is 0.457 e. The van der Waals surface area contributed by atoms with E-state index < -0.39 is 16.3 Å². The zero-order chi connectivity index (χ0) is 8.58. The summed E-state index contributed by atoms with van der Waals surface area (Å²) in [5.74, 6) is -5.33. The molecular weight excluding hydrogens is 277 g/mol. The first-order chi connectivity index (χ1) is 4.19. The van der Waals surface area contributed by atoms with Crippen molar-refractivity contribution in [3.8, 4) is 0 Å². The lowest BCUT2D eigenvalue weighted by Gasteiger charge is -2.17. The van der Waals surface area contributed by atoms with Crippen LogP contribution in [0.3, 0.4) is 0 Å². The predicted octanol–water partition coefficient (Wildman–Crippen LogP) is 3.08. The molecule has 0 heterocycles. The highest BCUT2D eigenvalue weighted by atomic mass is 127. The van der Waals surface area contributed by atoms with Gasteiger partial charge >= 0.3 is 12.1 Å². The summed E-state index contributed by atoms with van der Waals surface area (Å²) in [5.41, 5.74) is 0. The number of hydrogen-bond acceptors (Lipinski definition) is 0. The third-order valence-electron chi connectivity index (χ3n) is 0.593. The molecule has 1 radical (unpaired) electrons. The molecule has 0 amide bonds. The molecule has 10 heavy (non-hydrogen) atoms. The van der Waals surface area contributed by atoms with Crippen LogP contribution in [0.15, 0.2) is 0 Å². The first-order valence-corrected chi connectivity index (χ1v) is 2.90. The molecule has 0 aliphatic heterocycles. The Hall–Kier alpha value is 0.310. The van der Waals surface area contributed by atoms with Gasteiger partial charge in [-0.15, -0.1) is 0 Å². The smallest absolute Gasteiger partial charge is 0.220 e. The Morgan fingerprint density at radius 3 is 1.30 bits per heavy atom. The Kier molecular flexibility index (Phi) is 2.83. The first-order valence-electron chi connectivity index (χ1n) is 1.82. The van der Waals surface area contributed by atoms with Crippen LogP contribution in [0.5, 0.6) is 0 Å². The molecule has 0 nitrogen and oxygen atoms in total. The number of alkyl halides is 5. The van der Waals surface area contributed by atoms with Gasteiger partial charge in [0.15, 0.2) is 0 Å². The Morgan fingerprint density at radius 1 is 1.00 bits per heavy atom. The van der Waals surface area contributed by atoms with Gasteiger partial charge in [0, 0.05) is 0 Å². The normalized spacial score (nSPS) is 14.4. The van der Waals surface area contributed by atoms with Gasteiger partial charge < -0.3 is 0 Å². The largest absolute Gasteiger partial charge is 0.457 e. The maximum absolute atomic E-state index is 11.5. The molecule has 0 fully saturated rings. The van der Waals surface area contributed by atoms with Crippen molar-refractivity contribution in [1.82, 2.24) is 0 Å². The Morgan fingerprint density at radius 2 is 1.30 bits per heavy atom. The van der Waals surface area contributed by atoms with Crippen molar-refractivity contribution >= 4 is 22.6 Å². The quantitative estimate of drug-likeness (QED) is 0.510. The molecule has 0 rings (SSSR count). The number of rotatable bonds is 1. The standard InChI is InChI=1S/C3F6I/c4-1(10)2(5,6)3(7,8)9. The highest BCUT2D eigenvalue weighted by molar-refractivity contribution is 14.1. The van der Waals surface area contributed by atoms with E-state index >= 15 is 0 Å². The third kappa shape index (κ3) is 1.89. The van der Waals surface area contributed by atoms with Crippen molar-refractivity contribution in [2.45, 2.75) is 12.1 Å². The maximum atomic E-state index is 11.5. The van der Waals surface area contributed by atoms with Gasteiger partial charge in [0.2, 0.25) is 0 Å². The van der Waals surface area contributed by atoms with E-state index in [0.29, 0.717) is 22.6 Å². The van der Waals surface area contributed by atoms with E-state index in [1.54, 1.807) is 0 Å². The Labute approximate surface area is 65.7 Å². The van der Waals surface area contributed by atoms with Crippen LogP contribution in [0.4, 0.5) is 26.3 Å². The van der Waals surface area contributed by atoms with Crippen LogP contribution in [0, 0.1) is 4.18 Å². The molecule has 0 aromatic rings. The minimum absolute atomic E-state index is 0.290. The lowest BCUT2D eigenvalue weighted by atomic mass is 10.4. The summed E-state index contributed by atoms with van der Waals surface area (Å²) in [6.07, 6.45) is -5.84. The lowest BCUT2D eigenvalue weighted by Crippen LogP contribution is -2.38. The van der Waals surface area contributed by atoms with Gasteiger partial charge in [-0.2, -0.15) is 22.0 Å². The summed E-state index contributed by atoms with van der Waals surface area (Å²) in [5, 5.41) is 0. The van der Waals surface area contributed by atoms with Gasteiger partial charge in [-0.1, -0.05) is 0 Å². The van der Waals surface area contributed by atoms with Crippen LogP contribution >= 0.6 is 22.6 Å². The van der Waals surface area contributed by atoms with Crippen molar-refractivity contribution in [3.63, 3.8) is 0 Å². The molecule has 0 aliphatic rings. The zero-order valence-corrected chi connectivity index (χ0v) is 6.30. The van der Waals surface area contributed by atoms with Crippen LogP contribution in [0.2, 0.25) is 0 Å². The minimum atomic E-state index is -5.84. The van der Waals surface area contributed by atoms with Gasteiger partial charge in [-0.3, -0.25) is 0 Å². The van der Waals surface area contributed by atoms with E-state index in [-0.39, 0.29) is 0 Å². The van der Waals surface area contributed by atoms with Gasteiger partial charge in [0.05, 0.1) is 0 Å². The van der Waals surface area contributed by atoms with Crippen molar-refractivity contribution in [2.75, 3.05) is 0 Å². The van der Waals surface area contributed by atoms with Crippen LogP contribution in [-0.2, 0) is 0 Å². The van der Waals surface area contributed by atoms with Crippen molar-refractivity contribution in [3.05, 3.63) is 4.18 Å². The molecule has 0 aromatic carbocycles. The van der Waals surface area contributed by atoms with Gasteiger partial charge in [0.1, 0.15) is 0 Å². The van der Waals surface area contributed by atoms with Crippen molar-refractivity contribution < 1.29 is 26.3 Å². The van der Waals surface area contributed by atoms with E-state index in [1.165, 1.54) is 0 Å². The Balaban J connectivity index is 4.40. The van der Waals surface area contributed by atoms with E-state index in [4.69, 9.17) is 0 Å². The molecule has 0 saturated carbocycles. The Bertz CT molecular complexity index is 115. The second-order valence-corrected chi connectivity index (χ2v) is 2.28. The van der Waals surface area contributed by atoms with Crippen LogP contribution < -0.4 is 0 Å². The highest BCUT2D eigenvalue weighted by Crippen LogP contribution is 2.45. The predicted molar refractivity (Wildman–Crippen MR) is 29.4 cm³/mol. The fraction of sp³-hybridized carbons (Fsp3) is 0.667. The van der Waals surface area contributed by atoms with Crippen LogP contribution in [-0.4, -0.2) is 12.1 Å². The van der Waals surface area contributed by atoms with Gasteiger partial charge in [-0.05, 0) is 22.6 Å². The topological polar surface area (TPSA) is 0 Å². The van der Waals surface area contributed by atoms with Crippen molar-refractivity contribution in [1.29, 1.82) is 0 Å². The molecule has 0 saturated heterocycles. The molecule has 0 atom stereocenters. The summed E-state index contributed by atoms with van der Waals surface area (Å²) < 4.78 is 65.2. The van der Waals surface area contributed by atoms with Crippen molar-refractivity contribution in [2.24, 2.45) is 0 Å². The average Bonchev–Trinajstić information content (AvgIpc) is 1.62. The second-order valence-electron chi connectivity index (χ2n) is 1.33. The van der Waals surface area contributed by atoms with E-state index in [1.807, 2.05) is 0 Å². The molecule has 7 heteroatoms. The SMILES string of the molecule is F[C](I)C(F)(F)C(F)(F)F. The van der Waals surface area contributed by atoms with Gasteiger partial charge in [-0.25, -0.2) is 4.39 Å². The van der Waals surface area contributed by atoms with E-state index in [0.717, 1.165) is 0 Å². The summed E-state index contributed by atoms with van der Waals surface area (Å²) in [6, 6.07) is 0. The minimum Gasteiger partial charge on any atom is -0.220 e. The molecule has 0 aromatic heterocycles. The van der Waals surface area contributed by atoms with Gasteiger partial charge in [0.25, 0.3) is 4.18 Å². The monoisotopic (exact) mass is 277 g/mol. The molecule has 0 aliphatic carbocycles. The fourth-order valence-corrected chi connectivity index (χ4v) is 0.413. The fourth-order valence-electron chi connectivity index (χ4n) is 0.107. The van der Waals surface area contributed by atoms with Crippen LogP contribution in [0.25, 0.3) is 0 Å². The summed E-state index contributed by atoms with van der Waals surface area (Å²) in [4.78, 5) is 0. The third-order valence-corrected chi connectivity index (χ3v) is 1.27. The molecule has 0 bridgehead atoms. The zero-order valence-electron chi connectivity index (χ0n) is 4.15. The molecule has 0 unspecified atom stereocenters. The van der Waals surface area contributed by atoms with Crippen LogP contribution in [0.1, 0.15) is 0 Å². The van der Waals surface area contributed by atoms with E-state index in [9.17, 15) is 26.3 Å². The summed E-state index contributed by atoms with van der Waals surface area (Å²) >= 11 is 0.290. The second kappa shape index (κ2) is 2.74. The summed E-state index contributed by atoms with van der Waals surface area (Å²) in [7, 11) is 0. The summed E-state index contributed by atoms with van der Waals surface area (Å²) in [6.45, 7) is 0. The number of hydrogen-bond donors (Lipinski definition) is 0. The first kappa shape index (κ1) is 10.3. The molecule has 0 N–H and O–H groups in total. The molecular formula is C3F6I. The molecule has 0 spiro atoms. The lowest BCUT2D eigenvalue weighted by molar-refractivity contribution is -0.274. The van der Waals surface area contributed by atoms with E-state index in [2.05, 4.69) is 0 Å². The average molecular weight is 277 g/mol.